The first-order valence-corrected chi connectivity index (χ1v) is 7.74. The van der Waals surface area contributed by atoms with Crippen LogP contribution in [0, 0.1) is 0 Å². The van der Waals surface area contributed by atoms with E-state index in [2.05, 4.69) is 10.2 Å². The molecule has 0 radical (unpaired) electrons. The third-order valence-corrected chi connectivity index (χ3v) is 4.91. The molecule has 0 aliphatic carbocycles. The Balaban J connectivity index is 2.49. The maximum atomic E-state index is 12.6. The van der Waals surface area contributed by atoms with Gasteiger partial charge < -0.3 is 0 Å². The maximum absolute atomic E-state index is 12.6. The predicted molar refractivity (Wildman–Crippen MR) is 74.8 cm³/mol. The van der Waals surface area contributed by atoms with Gasteiger partial charge in [0.15, 0.2) is 5.03 Å². The average Bonchev–Trinajstić information content (AvgIpc) is 2.89. The van der Waals surface area contributed by atoms with E-state index < -0.39 is 10.0 Å². The summed E-state index contributed by atoms with van der Waals surface area (Å²) in [6, 6.07) is 8.92. The van der Waals surface area contributed by atoms with E-state index in [1.165, 1.54) is 10.5 Å². The van der Waals surface area contributed by atoms with Gasteiger partial charge >= 0.3 is 0 Å². The van der Waals surface area contributed by atoms with Crippen molar-refractivity contribution in [3.05, 3.63) is 42.1 Å². The number of H-pyrrole nitrogens is 1. The first kappa shape index (κ1) is 13.9. The second kappa shape index (κ2) is 5.63. The fourth-order valence-electron chi connectivity index (χ4n) is 1.81. The van der Waals surface area contributed by atoms with Crippen LogP contribution in [-0.4, -0.2) is 25.2 Å². The van der Waals surface area contributed by atoms with Gasteiger partial charge in [0.2, 0.25) is 0 Å². The zero-order valence-electron chi connectivity index (χ0n) is 10.4. The average molecular weight is 300 g/mol. The number of aromatic amines is 1. The SMILES string of the molecule is CCN(c1ccccc1)S(=O)(=O)c1[nH]ncc1CCl. The molecule has 0 fully saturated rings. The van der Waals surface area contributed by atoms with Crippen LogP contribution in [0.5, 0.6) is 0 Å². The first-order valence-electron chi connectivity index (χ1n) is 5.77. The van der Waals surface area contributed by atoms with Crippen LogP contribution < -0.4 is 4.31 Å². The van der Waals surface area contributed by atoms with Crippen molar-refractivity contribution in [2.75, 3.05) is 10.8 Å². The lowest BCUT2D eigenvalue weighted by atomic mass is 10.3. The highest BCUT2D eigenvalue weighted by molar-refractivity contribution is 7.92. The van der Waals surface area contributed by atoms with Crippen molar-refractivity contribution in [2.45, 2.75) is 17.8 Å². The third kappa shape index (κ3) is 2.59. The Labute approximate surface area is 117 Å². The second-order valence-electron chi connectivity index (χ2n) is 3.86. The van der Waals surface area contributed by atoms with E-state index in [-0.39, 0.29) is 10.9 Å². The molecule has 0 spiro atoms. The van der Waals surface area contributed by atoms with Gasteiger partial charge in [-0.2, -0.15) is 13.5 Å². The van der Waals surface area contributed by atoms with Crippen LogP contribution in [0.25, 0.3) is 0 Å². The highest BCUT2D eigenvalue weighted by Gasteiger charge is 2.27. The number of hydrogen-bond acceptors (Lipinski definition) is 3. The number of anilines is 1. The van der Waals surface area contributed by atoms with Crippen molar-refractivity contribution in [3.63, 3.8) is 0 Å². The van der Waals surface area contributed by atoms with Gasteiger partial charge in [-0.15, -0.1) is 11.6 Å². The predicted octanol–water partition coefficient (Wildman–Crippen LogP) is 2.36. The van der Waals surface area contributed by atoms with E-state index >= 15 is 0 Å². The van der Waals surface area contributed by atoms with E-state index in [0.717, 1.165) is 0 Å². The molecule has 0 saturated carbocycles. The Morgan fingerprint density at radius 1 is 1.32 bits per heavy atom. The summed E-state index contributed by atoms with van der Waals surface area (Å²) in [5.74, 6) is 0.0947. The molecule has 0 amide bonds. The van der Waals surface area contributed by atoms with Crippen LogP contribution in [-0.2, 0) is 15.9 Å². The molecule has 0 bridgehead atoms. The Morgan fingerprint density at radius 3 is 2.58 bits per heavy atom. The Hall–Kier alpha value is -1.53. The molecule has 1 aromatic heterocycles. The van der Waals surface area contributed by atoms with Crippen LogP contribution in [0.3, 0.4) is 0 Å². The van der Waals surface area contributed by atoms with E-state index in [4.69, 9.17) is 11.6 Å². The van der Waals surface area contributed by atoms with E-state index in [9.17, 15) is 8.42 Å². The van der Waals surface area contributed by atoms with Crippen molar-refractivity contribution in [2.24, 2.45) is 0 Å². The number of alkyl halides is 1. The molecule has 7 heteroatoms. The minimum Gasteiger partial charge on any atom is -0.266 e. The lowest BCUT2D eigenvalue weighted by molar-refractivity contribution is 0.587. The van der Waals surface area contributed by atoms with Gasteiger partial charge in [-0.1, -0.05) is 18.2 Å². The number of benzene rings is 1. The fraction of sp³-hybridized carbons (Fsp3) is 0.250. The molecule has 0 aliphatic rings. The minimum atomic E-state index is -3.67. The minimum absolute atomic E-state index is 0.0493. The molecular weight excluding hydrogens is 286 g/mol. The van der Waals surface area contributed by atoms with Crippen molar-refractivity contribution in [3.8, 4) is 0 Å². The largest absolute Gasteiger partial charge is 0.281 e. The van der Waals surface area contributed by atoms with Gasteiger partial charge in [-0.05, 0) is 19.1 Å². The van der Waals surface area contributed by atoms with Gasteiger partial charge in [0, 0.05) is 12.1 Å². The molecule has 2 aromatic rings. The van der Waals surface area contributed by atoms with Gasteiger partial charge in [0.05, 0.1) is 17.8 Å². The number of rotatable bonds is 5. The molecule has 5 nitrogen and oxygen atoms in total. The number of sulfonamides is 1. The molecule has 2 rings (SSSR count). The third-order valence-electron chi connectivity index (χ3n) is 2.70. The molecule has 0 aliphatic heterocycles. The van der Waals surface area contributed by atoms with Crippen molar-refractivity contribution in [1.82, 2.24) is 10.2 Å². The number of nitrogens with one attached hydrogen (secondary N) is 1. The van der Waals surface area contributed by atoms with Gasteiger partial charge in [0.25, 0.3) is 10.0 Å². The fourth-order valence-corrected chi connectivity index (χ4v) is 3.68. The first-order chi connectivity index (χ1) is 9.11. The summed E-state index contributed by atoms with van der Waals surface area (Å²) < 4.78 is 26.5. The summed E-state index contributed by atoms with van der Waals surface area (Å²) in [6.45, 7) is 2.11. The summed E-state index contributed by atoms with van der Waals surface area (Å²) in [5, 5.41) is 6.32. The highest BCUT2D eigenvalue weighted by atomic mass is 35.5. The van der Waals surface area contributed by atoms with Gasteiger partial charge in [-0.25, -0.2) is 0 Å². The zero-order valence-corrected chi connectivity index (χ0v) is 11.9. The summed E-state index contributed by atoms with van der Waals surface area (Å²) >= 11 is 5.73. The summed E-state index contributed by atoms with van der Waals surface area (Å²) in [5.41, 5.74) is 1.08. The van der Waals surface area contributed by atoms with Crippen LogP contribution >= 0.6 is 11.6 Å². The highest BCUT2D eigenvalue weighted by Crippen LogP contribution is 2.24. The summed E-state index contributed by atoms with van der Waals surface area (Å²) in [6.07, 6.45) is 1.43. The Bertz CT molecular complexity index is 640. The maximum Gasteiger partial charge on any atom is 0.281 e. The standard InChI is InChI=1S/C12H14ClN3O2S/c1-2-16(11-6-4-3-5-7-11)19(17,18)12-10(8-13)9-14-15-12/h3-7,9H,2,8H2,1H3,(H,14,15). The normalized spacial score (nSPS) is 11.5. The molecule has 102 valence electrons. The number of hydrogen-bond donors (Lipinski definition) is 1. The lowest BCUT2D eigenvalue weighted by Crippen LogP contribution is -2.31. The zero-order chi connectivity index (χ0) is 13.9. The quantitative estimate of drug-likeness (QED) is 0.862. The topological polar surface area (TPSA) is 66.1 Å². The summed E-state index contributed by atoms with van der Waals surface area (Å²) in [7, 11) is -3.67. The molecule has 0 saturated heterocycles. The number of aromatic nitrogens is 2. The summed E-state index contributed by atoms with van der Waals surface area (Å²) in [4.78, 5) is 0. The monoisotopic (exact) mass is 299 g/mol. The van der Waals surface area contributed by atoms with Crippen LogP contribution in [0.1, 0.15) is 12.5 Å². The second-order valence-corrected chi connectivity index (χ2v) is 5.93. The van der Waals surface area contributed by atoms with E-state index in [1.54, 1.807) is 31.2 Å². The van der Waals surface area contributed by atoms with Gasteiger partial charge in [-0.3, -0.25) is 9.40 Å². The lowest BCUT2D eigenvalue weighted by Gasteiger charge is -2.22. The molecule has 1 heterocycles. The van der Waals surface area contributed by atoms with E-state index in [0.29, 0.717) is 17.8 Å². The Morgan fingerprint density at radius 2 is 2.00 bits per heavy atom. The Kier molecular flexibility index (Phi) is 4.11. The number of nitrogens with zero attached hydrogens (tertiary/aromatic N) is 2. The van der Waals surface area contributed by atoms with Crippen molar-refractivity contribution < 1.29 is 8.42 Å². The van der Waals surface area contributed by atoms with Crippen LogP contribution in [0.2, 0.25) is 0 Å². The number of para-hydroxylation sites is 1. The van der Waals surface area contributed by atoms with Crippen molar-refractivity contribution in [1.29, 1.82) is 0 Å². The van der Waals surface area contributed by atoms with E-state index in [1.807, 2.05) is 6.07 Å². The smallest absolute Gasteiger partial charge is 0.266 e. The van der Waals surface area contributed by atoms with Gasteiger partial charge in [0.1, 0.15) is 0 Å². The number of halogens is 1. The molecule has 0 atom stereocenters. The van der Waals surface area contributed by atoms with Crippen molar-refractivity contribution >= 4 is 27.3 Å². The van der Waals surface area contributed by atoms with Crippen LogP contribution in [0.4, 0.5) is 5.69 Å². The molecule has 1 N–H and O–H groups in total. The molecular formula is C12H14ClN3O2S. The molecule has 19 heavy (non-hydrogen) atoms. The molecule has 1 aromatic carbocycles. The van der Waals surface area contributed by atoms with Crippen LogP contribution in [0.15, 0.2) is 41.6 Å². The molecule has 0 unspecified atom stereocenters.